The molecule has 3 heterocycles. The minimum atomic E-state index is -0.0861. The van der Waals surface area contributed by atoms with Gasteiger partial charge in [-0.2, -0.15) is 0 Å². The molecule has 7 nitrogen and oxygen atoms in total. The van der Waals surface area contributed by atoms with Crippen molar-refractivity contribution in [2.75, 3.05) is 20.1 Å². The Hall–Kier alpha value is -2.25. The Morgan fingerprint density at radius 3 is 2.88 bits per heavy atom. The Morgan fingerprint density at radius 2 is 2.08 bits per heavy atom. The van der Waals surface area contributed by atoms with E-state index in [0.717, 1.165) is 36.4 Å². The summed E-state index contributed by atoms with van der Waals surface area (Å²) in [6.45, 7) is 5.07. The molecule has 0 saturated carbocycles. The van der Waals surface area contributed by atoms with E-state index < -0.39 is 0 Å². The number of nitrogens with zero attached hydrogens (tertiary/aromatic N) is 5. The molecule has 1 aliphatic heterocycles. The summed E-state index contributed by atoms with van der Waals surface area (Å²) in [7, 11) is 2.18. The molecule has 1 atom stereocenters. The van der Waals surface area contributed by atoms with E-state index in [-0.39, 0.29) is 6.04 Å². The molecule has 132 valence electrons. The van der Waals surface area contributed by atoms with Crippen molar-refractivity contribution >= 4 is 11.1 Å². The minimum Gasteiger partial charge on any atom is -0.438 e. The molecule has 1 saturated heterocycles. The van der Waals surface area contributed by atoms with Gasteiger partial charge in [0.1, 0.15) is 11.6 Å². The summed E-state index contributed by atoms with van der Waals surface area (Å²) in [6.07, 6.45) is 4.34. The van der Waals surface area contributed by atoms with Crippen LogP contribution in [-0.2, 0) is 6.54 Å². The molecule has 1 aliphatic rings. The zero-order valence-corrected chi connectivity index (χ0v) is 14.7. The van der Waals surface area contributed by atoms with Gasteiger partial charge in [0, 0.05) is 12.6 Å². The quantitative estimate of drug-likeness (QED) is 0.768. The second kappa shape index (κ2) is 6.93. The molecular weight excluding hydrogens is 316 g/mol. The zero-order chi connectivity index (χ0) is 17.2. The summed E-state index contributed by atoms with van der Waals surface area (Å²) in [5.41, 5.74) is 2.61. The number of likely N-dealkylation sites (tertiary alicyclic amines) is 1. The Balaban J connectivity index is 1.40. The summed E-state index contributed by atoms with van der Waals surface area (Å²) in [6, 6.07) is 8.27. The van der Waals surface area contributed by atoms with Crippen molar-refractivity contribution in [3.63, 3.8) is 0 Å². The molecule has 1 aromatic carbocycles. The van der Waals surface area contributed by atoms with Crippen LogP contribution in [0.4, 0.5) is 0 Å². The van der Waals surface area contributed by atoms with Crippen LogP contribution in [0.1, 0.15) is 37.4 Å². The highest BCUT2D eigenvalue weighted by Crippen LogP contribution is 2.22. The average molecular weight is 340 g/mol. The molecule has 2 aromatic heterocycles. The van der Waals surface area contributed by atoms with E-state index in [0.29, 0.717) is 11.9 Å². The molecule has 0 amide bonds. The minimum absolute atomic E-state index is 0.0861. The molecule has 1 unspecified atom stereocenters. The Labute approximate surface area is 147 Å². The third-order valence-corrected chi connectivity index (χ3v) is 4.91. The number of benzene rings is 1. The fourth-order valence-electron chi connectivity index (χ4n) is 3.23. The van der Waals surface area contributed by atoms with Crippen molar-refractivity contribution in [2.24, 2.45) is 0 Å². The first-order valence-electron chi connectivity index (χ1n) is 8.87. The first-order chi connectivity index (χ1) is 12.2. The van der Waals surface area contributed by atoms with Crippen LogP contribution in [0.25, 0.3) is 11.1 Å². The van der Waals surface area contributed by atoms with Gasteiger partial charge >= 0.3 is 0 Å². The van der Waals surface area contributed by atoms with E-state index in [4.69, 9.17) is 4.42 Å². The number of nitrogens with one attached hydrogen (secondary N) is 1. The van der Waals surface area contributed by atoms with Crippen LogP contribution in [0.5, 0.6) is 0 Å². The summed E-state index contributed by atoms with van der Waals surface area (Å²) >= 11 is 0. The number of oxazole rings is 1. The first-order valence-corrected chi connectivity index (χ1v) is 8.87. The number of aromatic nitrogens is 4. The average Bonchev–Trinajstić information content (AvgIpc) is 3.27. The Kier molecular flexibility index (Phi) is 4.50. The molecule has 7 heteroatoms. The highest BCUT2D eigenvalue weighted by Gasteiger charge is 2.19. The smallest absolute Gasteiger partial charge is 0.220 e. The lowest BCUT2D eigenvalue weighted by Gasteiger charge is -2.29. The van der Waals surface area contributed by atoms with Crippen molar-refractivity contribution in [1.82, 2.24) is 30.2 Å². The summed E-state index contributed by atoms with van der Waals surface area (Å²) in [4.78, 5) is 6.92. The monoisotopic (exact) mass is 340 g/mol. The van der Waals surface area contributed by atoms with Crippen molar-refractivity contribution in [3.05, 3.63) is 42.0 Å². The standard InChI is InChI=1S/C18H24N6O/c1-13(18-20-16-5-3-4-6-17(16)25-18)24-12-15(21-22-24)11-19-14-7-9-23(2)10-8-14/h3-6,12-14,19H,7-11H2,1-2H3. The summed E-state index contributed by atoms with van der Waals surface area (Å²) in [5.74, 6) is 0.654. The predicted molar refractivity (Wildman–Crippen MR) is 95.2 cm³/mol. The van der Waals surface area contributed by atoms with Crippen LogP contribution in [0.2, 0.25) is 0 Å². The highest BCUT2D eigenvalue weighted by molar-refractivity contribution is 5.72. The number of rotatable bonds is 5. The second-order valence-electron chi connectivity index (χ2n) is 6.84. The number of piperidine rings is 1. The maximum atomic E-state index is 5.84. The largest absolute Gasteiger partial charge is 0.438 e. The van der Waals surface area contributed by atoms with Gasteiger partial charge in [-0.25, -0.2) is 9.67 Å². The van der Waals surface area contributed by atoms with Crippen LogP contribution in [0.15, 0.2) is 34.9 Å². The van der Waals surface area contributed by atoms with E-state index >= 15 is 0 Å². The molecule has 1 fully saturated rings. The number of hydrogen-bond acceptors (Lipinski definition) is 6. The van der Waals surface area contributed by atoms with Crippen LogP contribution >= 0.6 is 0 Å². The van der Waals surface area contributed by atoms with Gasteiger partial charge in [-0.3, -0.25) is 0 Å². The molecular formula is C18H24N6O. The molecule has 0 bridgehead atoms. The van der Waals surface area contributed by atoms with Crippen LogP contribution < -0.4 is 5.32 Å². The zero-order valence-electron chi connectivity index (χ0n) is 14.7. The topological polar surface area (TPSA) is 72.0 Å². The van der Waals surface area contributed by atoms with E-state index in [1.165, 1.54) is 12.8 Å². The lowest BCUT2D eigenvalue weighted by Crippen LogP contribution is -2.40. The maximum Gasteiger partial charge on any atom is 0.220 e. The van der Waals surface area contributed by atoms with Gasteiger partial charge in [-0.1, -0.05) is 17.3 Å². The lowest BCUT2D eigenvalue weighted by atomic mass is 10.1. The maximum absolute atomic E-state index is 5.84. The van der Waals surface area contributed by atoms with Gasteiger partial charge in [0.05, 0.1) is 11.9 Å². The third kappa shape index (κ3) is 3.57. The lowest BCUT2D eigenvalue weighted by molar-refractivity contribution is 0.233. The SMILES string of the molecule is CC(c1nc2ccccc2o1)n1cc(CNC2CCN(C)CC2)nn1. The van der Waals surface area contributed by atoms with Crippen molar-refractivity contribution in [2.45, 2.75) is 38.4 Å². The third-order valence-electron chi connectivity index (χ3n) is 4.91. The highest BCUT2D eigenvalue weighted by atomic mass is 16.3. The number of para-hydroxylation sites is 2. The van der Waals surface area contributed by atoms with Crippen LogP contribution in [-0.4, -0.2) is 51.1 Å². The van der Waals surface area contributed by atoms with Crippen molar-refractivity contribution < 1.29 is 4.42 Å². The van der Waals surface area contributed by atoms with E-state index in [9.17, 15) is 0 Å². The van der Waals surface area contributed by atoms with Crippen molar-refractivity contribution in [3.8, 4) is 0 Å². The first kappa shape index (κ1) is 16.2. The molecule has 0 spiro atoms. The van der Waals surface area contributed by atoms with Gasteiger partial charge in [0.25, 0.3) is 0 Å². The van der Waals surface area contributed by atoms with Gasteiger partial charge in [-0.05, 0) is 52.0 Å². The second-order valence-corrected chi connectivity index (χ2v) is 6.84. The molecule has 3 aromatic rings. The van der Waals surface area contributed by atoms with Gasteiger partial charge in [-0.15, -0.1) is 5.10 Å². The number of fused-ring (bicyclic) bond motifs is 1. The predicted octanol–water partition coefficient (Wildman–Crippen LogP) is 2.21. The summed E-state index contributed by atoms with van der Waals surface area (Å²) < 4.78 is 7.65. The van der Waals surface area contributed by atoms with E-state index in [2.05, 4.69) is 32.6 Å². The van der Waals surface area contributed by atoms with E-state index in [1.807, 2.05) is 42.1 Å². The molecule has 0 radical (unpaired) electrons. The normalized spacial score (nSPS) is 18.0. The van der Waals surface area contributed by atoms with Crippen LogP contribution in [0, 0.1) is 0 Å². The fourth-order valence-corrected chi connectivity index (χ4v) is 3.23. The number of hydrogen-bond donors (Lipinski definition) is 1. The van der Waals surface area contributed by atoms with Gasteiger partial charge in [0.15, 0.2) is 5.58 Å². The summed E-state index contributed by atoms with van der Waals surface area (Å²) in [5, 5.41) is 12.1. The van der Waals surface area contributed by atoms with E-state index in [1.54, 1.807) is 0 Å². The van der Waals surface area contributed by atoms with Gasteiger partial charge in [0.2, 0.25) is 5.89 Å². The molecule has 25 heavy (non-hydrogen) atoms. The van der Waals surface area contributed by atoms with Gasteiger partial charge < -0.3 is 14.6 Å². The Bertz CT molecular complexity index is 800. The Morgan fingerprint density at radius 1 is 1.28 bits per heavy atom. The van der Waals surface area contributed by atoms with Crippen molar-refractivity contribution in [1.29, 1.82) is 0 Å². The molecule has 4 rings (SSSR count). The van der Waals surface area contributed by atoms with Crippen LogP contribution in [0.3, 0.4) is 0 Å². The fraction of sp³-hybridized carbons (Fsp3) is 0.500. The molecule has 1 N–H and O–H groups in total. The molecule has 0 aliphatic carbocycles.